The lowest BCUT2D eigenvalue weighted by atomic mass is 9.95. The molecule has 1 atom stereocenters. The zero-order chi connectivity index (χ0) is 24.6. The standard InChI is InChI=1S/C25H20Cl2N2O5/c1-13-4-5-15(10-17(13)26)29-22(14-6-8-28-9-7-14)21(24(31)25(29)32)23(30)16-11-18(27)20(34-3)12-19(16)33-2/h4-12,22,30H,1-3H3/b23-21+. The molecule has 1 aromatic heterocycles. The summed E-state index contributed by atoms with van der Waals surface area (Å²) in [4.78, 5) is 31.9. The molecular formula is C25H20Cl2N2O5. The van der Waals surface area contributed by atoms with E-state index in [-0.39, 0.29) is 21.9 Å². The fourth-order valence-electron chi connectivity index (χ4n) is 3.88. The van der Waals surface area contributed by atoms with E-state index in [1.807, 2.05) is 6.92 Å². The number of Topliss-reactive ketones (excluding diaryl/α,β-unsaturated/α-hetero) is 1. The number of pyridine rings is 1. The van der Waals surface area contributed by atoms with Gasteiger partial charge in [0, 0.05) is 29.2 Å². The number of aryl methyl sites for hydroxylation is 1. The lowest BCUT2D eigenvalue weighted by molar-refractivity contribution is -0.132. The SMILES string of the molecule is COc1cc(OC)c(/C(O)=C2\C(=O)C(=O)N(c3ccc(C)c(Cl)c3)C2c2ccncc2)cc1Cl. The summed E-state index contributed by atoms with van der Waals surface area (Å²) in [5.41, 5.74) is 1.84. The van der Waals surface area contributed by atoms with Gasteiger partial charge in [0.05, 0.1) is 36.4 Å². The summed E-state index contributed by atoms with van der Waals surface area (Å²) in [6, 6.07) is 10.4. The van der Waals surface area contributed by atoms with Gasteiger partial charge in [-0.05, 0) is 48.4 Å². The van der Waals surface area contributed by atoms with Crippen molar-refractivity contribution >= 4 is 46.3 Å². The Bertz CT molecular complexity index is 1320. The molecule has 34 heavy (non-hydrogen) atoms. The number of nitrogens with zero attached hydrogens (tertiary/aromatic N) is 2. The summed E-state index contributed by atoms with van der Waals surface area (Å²) in [5, 5.41) is 12.0. The maximum absolute atomic E-state index is 13.3. The lowest BCUT2D eigenvalue weighted by Crippen LogP contribution is -2.29. The molecule has 1 amide bonds. The minimum atomic E-state index is -0.938. The number of anilines is 1. The third-order valence-corrected chi connectivity index (χ3v) is 6.33. The highest BCUT2D eigenvalue weighted by Crippen LogP contribution is 2.45. The topological polar surface area (TPSA) is 89.0 Å². The van der Waals surface area contributed by atoms with Gasteiger partial charge in [-0.1, -0.05) is 29.3 Å². The predicted molar refractivity (Wildman–Crippen MR) is 130 cm³/mol. The monoisotopic (exact) mass is 498 g/mol. The third-order valence-electron chi connectivity index (χ3n) is 5.63. The van der Waals surface area contributed by atoms with E-state index in [1.165, 1.54) is 31.3 Å². The highest BCUT2D eigenvalue weighted by molar-refractivity contribution is 6.52. The molecule has 1 fully saturated rings. The summed E-state index contributed by atoms with van der Waals surface area (Å²) < 4.78 is 10.6. The van der Waals surface area contributed by atoms with Crippen LogP contribution in [-0.4, -0.2) is 36.0 Å². The first-order valence-corrected chi connectivity index (χ1v) is 10.9. The highest BCUT2D eigenvalue weighted by Gasteiger charge is 2.47. The van der Waals surface area contributed by atoms with Crippen LogP contribution in [0.25, 0.3) is 5.76 Å². The second-order valence-corrected chi connectivity index (χ2v) is 8.38. The lowest BCUT2D eigenvalue weighted by Gasteiger charge is -2.26. The summed E-state index contributed by atoms with van der Waals surface area (Å²) in [5.74, 6) is -1.54. The molecule has 1 unspecified atom stereocenters. The Balaban J connectivity index is 1.98. The molecule has 7 nitrogen and oxygen atoms in total. The third kappa shape index (κ3) is 3.97. The minimum Gasteiger partial charge on any atom is -0.507 e. The molecule has 0 radical (unpaired) electrons. The molecular weight excluding hydrogens is 479 g/mol. The van der Waals surface area contributed by atoms with Gasteiger partial charge in [-0.25, -0.2) is 0 Å². The van der Waals surface area contributed by atoms with Crippen molar-refractivity contribution in [2.75, 3.05) is 19.1 Å². The smallest absolute Gasteiger partial charge is 0.300 e. The number of hydrogen-bond acceptors (Lipinski definition) is 6. The maximum Gasteiger partial charge on any atom is 0.300 e. The van der Waals surface area contributed by atoms with Gasteiger partial charge in [-0.15, -0.1) is 0 Å². The van der Waals surface area contributed by atoms with E-state index >= 15 is 0 Å². The average molecular weight is 499 g/mol. The number of carbonyl (C=O) groups excluding carboxylic acids is 2. The van der Waals surface area contributed by atoms with Gasteiger partial charge in [0.15, 0.2) is 0 Å². The van der Waals surface area contributed by atoms with Crippen molar-refractivity contribution < 1.29 is 24.2 Å². The first-order valence-electron chi connectivity index (χ1n) is 10.2. The largest absolute Gasteiger partial charge is 0.507 e. The molecule has 1 saturated heterocycles. The first-order chi connectivity index (χ1) is 16.3. The number of methoxy groups -OCH3 is 2. The molecule has 2 aromatic carbocycles. The van der Waals surface area contributed by atoms with Crippen molar-refractivity contribution in [1.82, 2.24) is 4.98 Å². The Morgan fingerprint density at radius 1 is 0.971 bits per heavy atom. The van der Waals surface area contributed by atoms with Gasteiger partial charge >= 0.3 is 0 Å². The van der Waals surface area contributed by atoms with E-state index in [9.17, 15) is 14.7 Å². The number of ketones is 1. The number of hydrogen-bond donors (Lipinski definition) is 1. The van der Waals surface area contributed by atoms with Crippen LogP contribution < -0.4 is 14.4 Å². The van der Waals surface area contributed by atoms with Gasteiger partial charge in [0.25, 0.3) is 11.7 Å². The number of aliphatic hydroxyl groups is 1. The number of halogens is 2. The van der Waals surface area contributed by atoms with Crippen LogP contribution in [0, 0.1) is 6.92 Å². The second-order valence-electron chi connectivity index (χ2n) is 7.57. The number of rotatable bonds is 5. The van der Waals surface area contributed by atoms with Crippen LogP contribution in [0.5, 0.6) is 11.5 Å². The van der Waals surface area contributed by atoms with Crippen molar-refractivity contribution in [3.05, 3.63) is 87.2 Å². The molecule has 174 valence electrons. The van der Waals surface area contributed by atoms with Crippen LogP contribution in [0.15, 0.2) is 60.4 Å². The van der Waals surface area contributed by atoms with E-state index in [2.05, 4.69) is 4.98 Å². The Morgan fingerprint density at radius 3 is 2.26 bits per heavy atom. The molecule has 4 rings (SSSR count). The van der Waals surface area contributed by atoms with Gasteiger partial charge in [-0.2, -0.15) is 0 Å². The Hall–Kier alpha value is -3.55. The van der Waals surface area contributed by atoms with Crippen molar-refractivity contribution in [2.24, 2.45) is 0 Å². The van der Waals surface area contributed by atoms with E-state index < -0.39 is 23.5 Å². The fraction of sp³-hybridized carbons (Fsp3) is 0.160. The quantitative estimate of drug-likeness (QED) is 0.290. The van der Waals surface area contributed by atoms with Gasteiger partial charge in [-0.3, -0.25) is 19.5 Å². The molecule has 1 N–H and O–H groups in total. The highest BCUT2D eigenvalue weighted by atomic mass is 35.5. The second kappa shape index (κ2) is 9.37. The molecule has 0 spiro atoms. The first kappa shape index (κ1) is 23.6. The Kier molecular flexibility index (Phi) is 6.50. The van der Waals surface area contributed by atoms with Crippen molar-refractivity contribution in [3.8, 4) is 11.5 Å². The van der Waals surface area contributed by atoms with Gasteiger partial charge < -0.3 is 14.6 Å². The summed E-state index contributed by atoms with van der Waals surface area (Å²) in [6.07, 6.45) is 3.09. The zero-order valence-corrected chi connectivity index (χ0v) is 20.0. The maximum atomic E-state index is 13.3. The molecule has 0 bridgehead atoms. The Morgan fingerprint density at radius 2 is 1.65 bits per heavy atom. The minimum absolute atomic E-state index is 0.118. The fourth-order valence-corrected chi connectivity index (χ4v) is 4.30. The number of ether oxygens (including phenoxy) is 2. The van der Waals surface area contributed by atoms with E-state index in [0.717, 1.165) is 5.56 Å². The summed E-state index contributed by atoms with van der Waals surface area (Å²) >= 11 is 12.6. The molecule has 0 saturated carbocycles. The molecule has 1 aliphatic heterocycles. The number of aliphatic hydroxyl groups excluding tert-OH is 1. The molecule has 0 aliphatic carbocycles. The number of aromatic nitrogens is 1. The van der Waals surface area contributed by atoms with Crippen LogP contribution in [0.4, 0.5) is 5.69 Å². The Labute approximate surface area is 206 Å². The van der Waals surface area contributed by atoms with Crippen LogP contribution in [0.2, 0.25) is 10.0 Å². The van der Waals surface area contributed by atoms with Crippen molar-refractivity contribution in [1.29, 1.82) is 0 Å². The number of amides is 1. The predicted octanol–water partition coefficient (Wildman–Crippen LogP) is 5.34. The normalized spacial score (nSPS) is 17.2. The number of benzene rings is 2. The van der Waals surface area contributed by atoms with E-state index in [0.29, 0.717) is 22.0 Å². The molecule has 9 heteroatoms. The summed E-state index contributed by atoms with van der Waals surface area (Å²) in [6.45, 7) is 1.83. The van der Waals surface area contributed by atoms with Crippen molar-refractivity contribution in [3.63, 3.8) is 0 Å². The van der Waals surface area contributed by atoms with Crippen LogP contribution in [0.1, 0.15) is 22.7 Å². The number of carbonyl (C=O) groups is 2. The molecule has 1 aliphatic rings. The van der Waals surface area contributed by atoms with Crippen LogP contribution >= 0.6 is 23.2 Å². The zero-order valence-electron chi connectivity index (χ0n) is 18.5. The van der Waals surface area contributed by atoms with Crippen molar-refractivity contribution in [2.45, 2.75) is 13.0 Å². The van der Waals surface area contributed by atoms with E-state index in [1.54, 1.807) is 42.7 Å². The van der Waals surface area contributed by atoms with Crippen LogP contribution in [0.3, 0.4) is 0 Å². The van der Waals surface area contributed by atoms with Gasteiger partial charge in [0.1, 0.15) is 17.3 Å². The van der Waals surface area contributed by atoms with Crippen LogP contribution in [-0.2, 0) is 9.59 Å². The summed E-state index contributed by atoms with van der Waals surface area (Å²) in [7, 11) is 2.86. The molecule has 3 aromatic rings. The average Bonchev–Trinajstić information content (AvgIpc) is 3.11. The van der Waals surface area contributed by atoms with E-state index in [4.69, 9.17) is 32.7 Å². The molecule has 2 heterocycles. The van der Waals surface area contributed by atoms with Gasteiger partial charge in [0.2, 0.25) is 0 Å².